The summed E-state index contributed by atoms with van der Waals surface area (Å²) < 4.78 is 0. The van der Waals surface area contributed by atoms with Crippen LogP contribution in [0.3, 0.4) is 0 Å². The largest absolute Gasteiger partial charge is 0.354 e. The number of hydrogen-bond acceptors (Lipinski definition) is 8. The molecule has 0 aromatic carbocycles. The molecule has 2 aromatic rings. The van der Waals surface area contributed by atoms with Gasteiger partial charge in [0, 0.05) is 18.9 Å². The van der Waals surface area contributed by atoms with Gasteiger partial charge in [-0.05, 0) is 24.2 Å². The minimum absolute atomic E-state index is 0.162. The van der Waals surface area contributed by atoms with Gasteiger partial charge in [-0.1, -0.05) is 6.92 Å². The molecule has 2 rings (SSSR count). The standard InChI is InChI=1S/C11H12N6O2S/c1-2-4-12-10-15-7-8(17(18)19)9(16-10)20-11-13-5-3-6-14-11/h3,5-7H,2,4H2,1H3,(H,12,15,16). The van der Waals surface area contributed by atoms with Crippen molar-refractivity contribution < 1.29 is 4.92 Å². The topological polar surface area (TPSA) is 107 Å². The molecule has 0 bridgehead atoms. The van der Waals surface area contributed by atoms with Crippen molar-refractivity contribution in [1.29, 1.82) is 0 Å². The van der Waals surface area contributed by atoms with E-state index in [1.54, 1.807) is 18.5 Å². The van der Waals surface area contributed by atoms with Crippen LogP contribution in [0.4, 0.5) is 11.6 Å². The maximum absolute atomic E-state index is 11.0. The summed E-state index contributed by atoms with van der Waals surface area (Å²) in [7, 11) is 0. The van der Waals surface area contributed by atoms with E-state index in [1.807, 2.05) is 6.92 Å². The zero-order valence-electron chi connectivity index (χ0n) is 10.7. The summed E-state index contributed by atoms with van der Waals surface area (Å²) >= 11 is 1.04. The molecule has 0 atom stereocenters. The van der Waals surface area contributed by atoms with Gasteiger partial charge in [0.2, 0.25) is 5.95 Å². The Labute approximate surface area is 119 Å². The first kappa shape index (κ1) is 14.1. The smallest absolute Gasteiger partial charge is 0.320 e. The van der Waals surface area contributed by atoms with Crippen LogP contribution in [0.25, 0.3) is 0 Å². The SMILES string of the molecule is CCCNc1ncc([N+](=O)[O-])c(Sc2ncccn2)n1. The highest BCUT2D eigenvalue weighted by Crippen LogP contribution is 2.30. The van der Waals surface area contributed by atoms with Gasteiger partial charge in [0.25, 0.3) is 0 Å². The third-order valence-electron chi connectivity index (χ3n) is 2.20. The van der Waals surface area contributed by atoms with Crippen molar-refractivity contribution in [2.24, 2.45) is 0 Å². The van der Waals surface area contributed by atoms with Crippen molar-refractivity contribution in [3.05, 3.63) is 34.8 Å². The molecule has 20 heavy (non-hydrogen) atoms. The zero-order chi connectivity index (χ0) is 14.4. The Bertz CT molecular complexity index is 595. The third-order valence-corrected chi connectivity index (χ3v) is 3.08. The lowest BCUT2D eigenvalue weighted by molar-refractivity contribution is -0.388. The monoisotopic (exact) mass is 292 g/mol. The van der Waals surface area contributed by atoms with Crippen LogP contribution in [-0.4, -0.2) is 31.4 Å². The van der Waals surface area contributed by atoms with E-state index in [2.05, 4.69) is 25.3 Å². The van der Waals surface area contributed by atoms with E-state index in [0.29, 0.717) is 17.6 Å². The van der Waals surface area contributed by atoms with Gasteiger partial charge >= 0.3 is 5.69 Å². The van der Waals surface area contributed by atoms with Crippen LogP contribution in [0, 0.1) is 10.1 Å². The van der Waals surface area contributed by atoms with Gasteiger partial charge in [0.05, 0.1) is 4.92 Å². The van der Waals surface area contributed by atoms with E-state index in [-0.39, 0.29) is 10.7 Å². The van der Waals surface area contributed by atoms with Crippen molar-refractivity contribution >= 4 is 23.4 Å². The van der Waals surface area contributed by atoms with Crippen LogP contribution in [0.2, 0.25) is 0 Å². The first-order valence-corrected chi connectivity index (χ1v) is 6.72. The second kappa shape index (κ2) is 6.75. The van der Waals surface area contributed by atoms with E-state index in [0.717, 1.165) is 18.2 Å². The van der Waals surface area contributed by atoms with Gasteiger partial charge in [-0.2, -0.15) is 4.98 Å². The molecule has 9 heteroatoms. The molecule has 0 spiro atoms. The number of nitrogens with zero attached hydrogens (tertiary/aromatic N) is 5. The summed E-state index contributed by atoms with van der Waals surface area (Å²) in [4.78, 5) is 26.6. The van der Waals surface area contributed by atoms with E-state index in [9.17, 15) is 10.1 Å². The van der Waals surface area contributed by atoms with Gasteiger partial charge in [-0.3, -0.25) is 10.1 Å². The van der Waals surface area contributed by atoms with E-state index < -0.39 is 4.92 Å². The fraction of sp³-hybridized carbons (Fsp3) is 0.273. The summed E-state index contributed by atoms with van der Waals surface area (Å²) in [5.74, 6) is 0.357. The van der Waals surface area contributed by atoms with Crippen LogP contribution in [-0.2, 0) is 0 Å². The minimum atomic E-state index is -0.519. The van der Waals surface area contributed by atoms with E-state index in [1.165, 1.54) is 6.20 Å². The molecular formula is C11H12N6O2S. The number of nitrogens with one attached hydrogen (secondary N) is 1. The van der Waals surface area contributed by atoms with Crippen LogP contribution >= 0.6 is 11.8 Å². The predicted octanol–water partition coefficient (Wildman–Crippen LogP) is 2.15. The van der Waals surface area contributed by atoms with Gasteiger partial charge in [-0.15, -0.1) is 0 Å². The quantitative estimate of drug-likeness (QED) is 0.373. The molecule has 0 unspecified atom stereocenters. The Morgan fingerprint density at radius 1 is 1.35 bits per heavy atom. The summed E-state index contributed by atoms with van der Waals surface area (Å²) in [5.41, 5.74) is -0.162. The number of hydrogen-bond donors (Lipinski definition) is 1. The van der Waals surface area contributed by atoms with Gasteiger partial charge in [0.1, 0.15) is 6.20 Å². The molecule has 0 aliphatic carbocycles. The molecule has 0 fully saturated rings. The molecule has 0 aliphatic rings. The molecule has 2 aromatic heterocycles. The molecule has 0 amide bonds. The van der Waals surface area contributed by atoms with Crippen molar-refractivity contribution in [2.75, 3.05) is 11.9 Å². The second-order valence-electron chi connectivity index (χ2n) is 3.70. The van der Waals surface area contributed by atoms with E-state index in [4.69, 9.17) is 0 Å². The first-order chi connectivity index (χ1) is 9.70. The Hall–Kier alpha value is -2.29. The molecule has 2 heterocycles. The summed E-state index contributed by atoms with van der Waals surface area (Å²) in [6, 6.07) is 1.67. The lowest BCUT2D eigenvalue weighted by Crippen LogP contribution is -2.06. The number of rotatable bonds is 6. The maximum atomic E-state index is 11.0. The lowest BCUT2D eigenvalue weighted by Gasteiger charge is -2.05. The van der Waals surface area contributed by atoms with Gasteiger partial charge in [-0.25, -0.2) is 15.0 Å². The normalized spacial score (nSPS) is 10.2. The molecule has 0 radical (unpaired) electrons. The third kappa shape index (κ3) is 3.60. The summed E-state index contributed by atoms with van der Waals surface area (Å²) in [5, 5.41) is 14.6. The van der Waals surface area contributed by atoms with Crippen molar-refractivity contribution in [3.63, 3.8) is 0 Å². The fourth-order valence-corrected chi connectivity index (χ4v) is 2.07. The molecule has 104 valence electrons. The summed E-state index contributed by atoms with van der Waals surface area (Å²) in [6.45, 7) is 2.70. The molecule has 0 saturated heterocycles. The summed E-state index contributed by atoms with van der Waals surface area (Å²) in [6.07, 6.45) is 5.23. The number of nitro groups is 1. The van der Waals surface area contributed by atoms with Crippen LogP contribution < -0.4 is 5.32 Å². The molecule has 0 saturated carbocycles. The highest BCUT2D eigenvalue weighted by atomic mass is 32.2. The maximum Gasteiger partial charge on any atom is 0.320 e. The zero-order valence-corrected chi connectivity index (χ0v) is 11.5. The predicted molar refractivity (Wildman–Crippen MR) is 73.6 cm³/mol. The van der Waals surface area contributed by atoms with Gasteiger partial charge < -0.3 is 5.32 Å². The lowest BCUT2D eigenvalue weighted by atomic mass is 10.5. The molecular weight excluding hydrogens is 280 g/mol. The number of anilines is 1. The average Bonchev–Trinajstić information content (AvgIpc) is 2.46. The highest BCUT2D eigenvalue weighted by Gasteiger charge is 2.19. The van der Waals surface area contributed by atoms with E-state index >= 15 is 0 Å². The average molecular weight is 292 g/mol. The number of aromatic nitrogens is 4. The minimum Gasteiger partial charge on any atom is -0.354 e. The Balaban J connectivity index is 2.29. The van der Waals surface area contributed by atoms with Crippen LogP contribution in [0.15, 0.2) is 34.8 Å². The van der Waals surface area contributed by atoms with Crippen molar-refractivity contribution in [1.82, 2.24) is 19.9 Å². The molecule has 8 nitrogen and oxygen atoms in total. The molecule has 1 N–H and O–H groups in total. The second-order valence-corrected chi connectivity index (χ2v) is 4.66. The Morgan fingerprint density at radius 3 is 2.75 bits per heavy atom. The first-order valence-electron chi connectivity index (χ1n) is 5.91. The van der Waals surface area contributed by atoms with Crippen molar-refractivity contribution in [2.45, 2.75) is 23.5 Å². The Morgan fingerprint density at radius 2 is 2.10 bits per heavy atom. The fourth-order valence-electron chi connectivity index (χ4n) is 1.31. The molecule has 0 aliphatic heterocycles. The van der Waals surface area contributed by atoms with Crippen LogP contribution in [0.1, 0.15) is 13.3 Å². The van der Waals surface area contributed by atoms with Gasteiger partial charge in [0.15, 0.2) is 10.2 Å². The Kier molecular flexibility index (Phi) is 4.77. The van der Waals surface area contributed by atoms with Crippen molar-refractivity contribution in [3.8, 4) is 0 Å². The highest BCUT2D eigenvalue weighted by molar-refractivity contribution is 7.99. The van der Waals surface area contributed by atoms with Crippen LogP contribution in [0.5, 0.6) is 0 Å².